The summed E-state index contributed by atoms with van der Waals surface area (Å²) in [5.41, 5.74) is -0.406. The van der Waals surface area contributed by atoms with Gasteiger partial charge in [-0.1, -0.05) is 25.5 Å². The Labute approximate surface area is 230 Å². The van der Waals surface area contributed by atoms with E-state index in [1.165, 1.54) is 36.2 Å². The highest BCUT2D eigenvalue weighted by atomic mass is 19.4. The fourth-order valence-corrected chi connectivity index (χ4v) is 4.20. The molecule has 216 valence electrons. The SMILES string of the molecule is CCCCOC(C)=O.CC[N+]1(CC)C(=O)N(c2ccc(C#N)cc2F)CC(=O)N1Cc1ccc(C(F)(F)F)cc1. The normalized spacial score (nSPS) is 14.8. The molecule has 1 aliphatic rings. The third-order valence-corrected chi connectivity index (χ3v) is 6.46. The van der Waals surface area contributed by atoms with Crippen LogP contribution in [0, 0.1) is 17.1 Å². The molecule has 0 spiro atoms. The number of hydrogen-bond donors (Lipinski definition) is 0. The molecule has 0 aliphatic carbocycles. The van der Waals surface area contributed by atoms with Crippen LogP contribution in [0.1, 0.15) is 57.2 Å². The summed E-state index contributed by atoms with van der Waals surface area (Å²) in [6.45, 7) is 7.31. The maximum Gasteiger partial charge on any atom is 0.448 e. The number of carbonyl (C=O) groups is 3. The summed E-state index contributed by atoms with van der Waals surface area (Å²) in [5, 5.41) is 10.2. The minimum absolute atomic E-state index is 0.0753. The van der Waals surface area contributed by atoms with E-state index in [1.807, 2.05) is 6.07 Å². The van der Waals surface area contributed by atoms with Crippen molar-refractivity contribution in [2.45, 2.75) is 53.3 Å². The minimum atomic E-state index is -4.48. The first kappa shape index (κ1) is 32.2. The Bertz CT molecular complexity index is 1240. The van der Waals surface area contributed by atoms with Crippen LogP contribution in [0.2, 0.25) is 0 Å². The van der Waals surface area contributed by atoms with Gasteiger partial charge in [-0.3, -0.25) is 9.59 Å². The summed E-state index contributed by atoms with van der Waals surface area (Å²) in [7, 11) is 0. The van der Waals surface area contributed by atoms with E-state index in [1.54, 1.807) is 13.8 Å². The molecule has 0 radical (unpaired) electrons. The van der Waals surface area contributed by atoms with Crippen molar-refractivity contribution in [1.29, 1.82) is 5.26 Å². The van der Waals surface area contributed by atoms with Crippen molar-refractivity contribution in [3.05, 3.63) is 65.0 Å². The molecule has 1 fully saturated rings. The molecule has 3 rings (SSSR count). The Morgan fingerprint density at radius 1 is 1.07 bits per heavy atom. The van der Waals surface area contributed by atoms with E-state index in [9.17, 15) is 31.9 Å². The molecule has 8 nitrogen and oxygen atoms in total. The lowest BCUT2D eigenvalue weighted by Gasteiger charge is -2.47. The highest BCUT2D eigenvalue weighted by molar-refractivity contribution is 5.97. The summed E-state index contributed by atoms with van der Waals surface area (Å²) in [5.74, 6) is -1.46. The van der Waals surface area contributed by atoms with Gasteiger partial charge in [-0.05, 0) is 56.2 Å². The number of nitrogens with zero attached hydrogens (tertiary/aromatic N) is 4. The van der Waals surface area contributed by atoms with Gasteiger partial charge in [0.1, 0.15) is 25.5 Å². The van der Waals surface area contributed by atoms with Crippen molar-refractivity contribution in [2.24, 2.45) is 0 Å². The first-order valence-electron chi connectivity index (χ1n) is 12.8. The summed E-state index contributed by atoms with van der Waals surface area (Å²) in [4.78, 5) is 37.7. The lowest BCUT2D eigenvalue weighted by Crippen LogP contribution is -2.73. The monoisotopic (exact) mass is 565 g/mol. The second-order valence-corrected chi connectivity index (χ2v) is 9.04. The molecule has 3 amide bonds. The van der Waals surface area contributed by atoms with Crippen molar-refractivity contribution < 1.29 is 41.3 Å². The minimum Gasteiger partial charge on any atom is -0.466 e. The average molecular weight is 566 g/mol. The highest BCUT2D eigenvalue weighted by Gasteiger charge is 2.52. The van der Waals surface area contributed by atoms with E-state index in [2.05, 4.69) is 11.7 Å². The van der Waals surface area contributed by atoms with Crippen LogP contribution < -0.4 is 4.90 Å². The van der Waals surface area contributed by atoms with Crippen LogP contribution in [-0.2, 0) is 27.0 Å². The van der Waals surface area contributed by atoms with Crippen molar-refractivity contribution in [2.75, 3.05) is 31.1 Å². The Hall–Kier alpha value is -3.98. The van der Waals surface area contributed by atoms with Gasteiger partial charge in [0.15, 0.2) is 0 Å². The maximum absolute atomic E-state index is 14.6. The lowest BCUT2D eigenvalue weighted by molar-refractivity contribution is -0.953. The number of alkyl halides is 3. The molecule has 40 heavy (non-hydrogen) atoms. The predicted molar refractivity (Wildman–Crippen MR) is 139 cm³/mol. The first-order valence-corrected chi connectivity index (χ1v) is 12.8. The van der Waals surface area contributed by atoms with Crippen LogP contribution in [0.5, 0.6) is 0 Å². The van der Waals surface area contributed by atoms with Crippen LogP contribution in [0.25, 0.3) is 0 Å². The molecule has 1 aliphatic heterocycles. The third-order valence-electron chi connectivity index (χ3n) is 6.46. The number of ether oxygens (including phenoxy) is 1. The van der Waals surface area contributed by atoms with Gasteiger partial charge in [0, 0.05) is 6.92 Å². The van der Waals surface area contributed by atoms with E-state index in [0.717, 1.165) is 35.9 Å². The zero-order valence-corrected chi connectivity index (χ0v) is 22.9. The molecule has 1 saturated heterocycles. The fraction of sp³-hybridized carbons (Fsp3) is 0.429. The molecular formula is C28H33F4N4O4+. The quantitative estimate of drug-likeness (QED) is 0.175. The van der Waals surface area contributed by atoms with Crippen LogP contribution in [-0.4, -0.2) is 53.7 Å². The zero-order chi connectivity index (χ0) is 30.1. The van der Waals surface area contributed by atoms with Crippen molar-refractivity contribution in [3.63, 3.8) is 0 Å². The van der Waals surface area contributed by atoms with Gasteiger partial charge in [0.25, 0.3) is 5.91 Å². The maximum atomic E-state index is 14.6. The van der Waals surface area contributed by atoms with Crippen molar-refractivity contribution in [3.8, 4) is 6.07 Å². The number of anilines is 1. The molecule has 0 saturated carbocycles. The van der Waals surface area contributed by atoms with Gasteiger partial charge in [0.2, 0.25) is 0 Å². The number of benzene rings is 2. The Kier molecular flexibility index (Phi) is 11.2. The van der Waals surface area contributed by atoms with Gasteiger partial charge in [0.05, 0.1) is 36.0 Å². The standard InChI is InChI=1S/C22H21F4N4O2.C6H12O2/c1-3-30(4-2)21(32)28(19-10-7-16(12-27)11-18(19)23)14-20(31)29(30)13-15-5-8-17(9-6-15)22(24,25)26;1-3-4-5-8-6(2)7/h5-11H,3-4,13-14H2,1-2H3;3-5H2,1-2H3/q+1;. The number of rotatable bonds is 8. The number of unbranched alkanes of at least 4 members (excludes halogenated alkanes) is 1. The number of esters is 1. The van der Waals surface area contributed by atoms with Gasteiger partial charge in [-0.25, -0.2) is 14.1 Å². The molecule has 0 N–H and O–H groups in total. The van der Waals surface area contributed by atoms with E-state index in [4.69, 9.17) is 5.26 Å². The molecule has 12 heteroatoms. The highest BCUT2D eigenvalue weighted by Crippen LogP contribution is 2.32. The molecule has 2 aromatic rings. The summed E-state index contributed by atoms with van der Waals surface area (Å²) in [6, 6.07) is 9.31. The molecular weight excluding hydrogens is 532 g/mol. The van der Waals surface area contributed by atoms with Gasteiger partial charge >= 0.3 is 18.2 Å². The topological polar surface area (TPSA) is 90.7 Å². The van der Waals surface area contributed by atoms with E-state index in [-0.39, 0.29) is 36.9 Å². The van der Waals surface area contributed by atoms with Gasteiger partial charge in [-0.2, -0.15) is 23.4 Å². The predicted octanol–water partition coefficient (Wildman–Crippen LogP) is 5.81. The second kappa shape index (κ2) is 13.9. The van der Waals surface area contributed by atoms with E-state index >= 15 is 0 Å². The second-order valence-electron chi connectivity index (χ2n) is 9.04. The van der Waals surface area contributed by atoms with Crippen molar-refractivity contribution in [1.82, 2.24) is 5.01 Å². The third kappa shape index (κ3) is 7.57. The molecule has 2 aromatic carbocycles. The number of urea groups is 1. The number of amides is 3. The van der Waals surface area contributed by atoms with E-state index < -0.39 is 40.6 Å². The lowest BCUT2D eigenvalue weighted by atomic mass is 10.1. The van der Waals surface area contributed by atoms with Crippen LogP contribution >= 0.6 is 0 Å². The van der Waals surface area contributed by atoms with Gasteiger partial charge in [-0.15, -0.1) is 4.59 Å². The average Bonchev–Trinajstić information content (AvgIpc) is 2.91. The number of quaternary nitrogens is 1. The molecule has 0 unspecified atom stereocenters. The van der Waals surface area contributed by atoms with Crippen molar-refractivity contribution >= 4 is 23.6 Å². The number of hydrogen-bond acceptors (Lipinski definition) is 5. The number of carbonyl (C=O) groups excluding carboxylic acids is 3. The molecule has 1 heterocycles. The van der Waals surface area contributed by atoms with E-state index in [0.29, 0.717) is 12.2 Å². The number of halogens is 4. The molecule has 0 bridgehead atoms. The first-order chi connectivity index (χ1) is 18.8. The Morgan fingerprint density at radius 2 is 1.70 bits per heavy atom. The smallest absolute Gasteiger partial charge is 0.448 e. The zero-order valence-electron chi connectivity index (χ0n) is 22.9. The van der Waals surface area contributed by atoms with Crippen LogP contribution in [0.3, 0.4) is 0 Å². The number of nitriles is 1. The summed E-state index contributed by atoms with van der Waals surface area (Å²) >= 11 is 0. The van der Waals surface area contributed by atoms with Gasteiger partial charge < -0.3 is 4.74 Å². The van der Waals surface area contributed by atoms with Crippen LogP contribution in [0.15, 0.2) is 42.5 Å². The fourth-order valence-electron chi connectivity index (χ4n) is 4.20. The Balaban J connectivity index is 0.000000611. The molecule has 0 aromatic heterocycles. The summed E-state index contributed by atoms with van der Waals surface area (Å²) in [6.07, 6.45) is -2.43. The largest absolute Gasteiger partial charge is 0.466 e. The summed E-state index contributed by atoms with van der Waals surface area (Å²) < 4.78 is 57.3. The molecule has 0 atom stereocenters. The van der Waals surface area contributed by atoms with Crippen LogP contribution in [0.4, 0.5) is 28.0 Å². The Morgan fingerprint density at radius 3 is 2.17 bits per heavy atom.